The van der Waals surface area contributed by atoms with Gasteiger partial charge in [0, 0.05) is 0 Å². The Morgan fingerprint density at radius 3 is 2.00 bits per heavy atom. The third-order valence-electron chi connectivity index (χ3n) is 4.16. The predicted octanol–water partition coefficient (Wildman–Crippen LogP) is 3.51. The maximum atomic E-state index is 9.37. The quantitative estimate of drug-likeness (QED) is 0.881. The minimum atomic E-state index is -0.0345. The molecule has 2 rings (SSSR count). The predicted molar refractivity (Wildman–Crippen MR) is 79.1 cm³/mol. The number of benzene rings is 2. The molecule has 102 valence electrons. The van der Waals surface area contributed by atoms with Crippen LogP contribution in [0.15, 0.2) is 30.3 Å². The van der Waals surface area contributed by atoms with Gasteiger partial charge in [-0.25, -0.2) is 0 Å². The molecule has 2 heteroatoms. The summed E-state index contributed by atoms with van der Waals surface area (Å²) in [6.45, 7) is 6.60. The third kappa shape index (κ3) is 2.65. The summed E-state index contributed by atoms with van der Waals surface area (Å²) < 4.78 is 0. The van der Waals surface area contributed by atoms with E-state index in [0.29, 0.717) is 0 Å². The van der Waals surface area contributed by atoms with Crippen LogP contribution >= 0.6 is 0 Å². The van der Waals surface area contributed by atoms with E-state index in [1.807, 2.05) is 12.1 Å². The fourth-order valence-electron chi connectivity index (χ4n) is 2.31. The first-order valence-corrected chi connectivity index (χ1v) is 6.79. The van der Waals surface area contributed by atoms with Crippen LogP contribution in [-0.4, -0.2) is 10.2 Å². The molecular formula is C17H22O2. The van der Waals surface area contributed by atoms with Crippen LogP contribution in [0.4, 0.5) is 0 Å². The summed E-state index contributed by atoms with van der Waals surface area (Å²) in [5.41, 5.74) is 3.07. The van der Waals surface area contributed by atoms with Crippen LogP contribution in [0.3, 0.4) is 0 Å². The maximum Gasteiger partial charge on any atom is 0.0685 e. The average Bonchev–Trinajstić information content (AvgIpc) is 2.44. The van der Waals surface area contributed by atoms with E-state index in [4.69, 9.17) is 0 Å². The number of fused-ring (bicyclic) bond motifs is 1. The number of hydrogen-bond acceptors (Lipinski definition) is 2. The van der Waals surface area contributed by atoms with Crippen LogP contribution in [0.2, 0.25) is 0 Å². The summed E-state index contributed by atoms with van der Waals surface area (Å²) in [5.74, 6) is 0. The minimum absolute atomic E-state index is 0.0337. The molecule has 0 bridgehead atoms. The Balaban J connectivity index is 2.60. The molecule has 0 heterocycles. The molecule has 19 heavy (non-hydrogen) atoms. The van der Waals surface area contributed by atoms with Crippen molar-refractivity contribution >= 4 is 10.8 Å². The topological polar surface area (TPSA) is 40.5 Å². The van der Waals surface area contributed by atoms with E-state index in [1.165, 1.54) is 5.56 Å². The van der Waals surface area contributed by atoms with Gasteiger partial charge in [0.1, 0.15) is 0 Å². The minimum Gasteiger partial charge on any atom is -0.392 e. The molecule has 0 aliphatic rings. The van der Waals surface area contributed by atoms with E-state index >= 15 is 0 Å². The molecule has 0 unspecified atom stereocenters. The van der Waals surface area contributed by atoms with E-state index in [0.717, 1.165) is 28.3 Å². The Kier molecular flexibility index (Phi) is 3.93. The van der Waals surface area contributed by atoms with Gasteiger partial charge in [-0.3, -0.25) is 0 Å². The second-order valence-corrected chi connectivity index (χ2v) is 5.74. The Labute approximate surface area is 114 Å². The highest BCUT2D eigenvalue weighted by atomic mass is 16.3. The normalized spacial score (nSPS) is 12.1. The zero-order valence-electron chi connectivity index (χ0n) is 11.9. The van der Waals surface area contributed by atoms with E-state index in [9.17, 15) is 10.2 Å². The summed E-state index contributed by atoms with van der Waals surface area (Å²) >= 11 is 0. The number of rotatable bonds is 4. The van der Waals surface area contributed by atoms with Crippen LogP contribution in [0, 0.1) is 0 Å². The Morgan fingerprint density at radius 2 is 1.47 bits per heavy atom. The molecule has 2 aromatic carbocycles. The molecule has 0 radical (unpaired) electrons. The molecule has 2 N–H and O–H groups in total. The van der Waals surface area contributed by atoms with Crippen molar-refractivity contribution in [1.82, 2.24) is 0 Å². The summed E-state index contributed by atoms with van der Waals surface area (Å²) in [7, 11) is 0. The average molecular weight is 258 g/mol. The van der Waals surface area contributed by atoms with Crippen molar-refractivity contribution in [1.29, 1.82) is 0 Å². The highest BCUT2D eigenvalue weighted by Crippen LogP contribution is 2.30. The fraction of sp³-hybridized carbons (Fsp3) is 0.412. The van der Waals surface area contributed by atoms with Crippen LogP contribution in [0.25, 0.3) is 10.8 Å². The molecule has 0 fully saturated rings. The van der Waals surface area contributed by atoms with Crippen LogP contribution in [0.1, 0.15) is 43.9 Å². The highest BCUT2D eigenvalue weighted by Gasteiger charge is 2.18. The van der Waals surface area contributed by atoms with Gasteiger partial charge in [-0.2, -0.15) is 0 Å². The smallest absolute Gasteiger partial charge is 0.0685 e. The van der Waals surface area contributed by atoms with Crippen molar-refractivity contribution in [3.8, 4) is 0 Å². The van der Waals surface area contributed by atoms with Crippen molar-refractivity contribution in [2.24, 2.45) is 0 Å². The van der Waals surface area contributed by atoms with Crippen molar-refractivity contribution in [3.05, 3.63) is 47.0 Å². The SMILES string of the molecule is CCC(C)(C)c1ccc2cc(CO)c(CO)cc2c1. The summed E-state index contributed by atoms with van der Waals surface area (Å²) in [6, 6.07) is 10.4. The molecule has 0 aromatic heterocycles. The first kappa shape index (κ1) is 14.0. The van der Waals surface area contributed by atoms with Gasteiger partial charge in [-0.1, -0.05) is 39.0 Å². The summed E-state index contributed by atoms with van der Waals surface area (Å²) in [5, 5.41) is 20.9. The monoisotopic (exact) mass is 258 g/mol. The van der Waals surface area contributed by atoms with Gasteiger partial charge in [0.2, 0.25) is 0 Å². The van der Waals surface area contributed by atoms with Gasteiger partial charge in [0.25, 0.3) is 0 Å². The third-order valence-corrected chi connectivity index (χ3v) is 4.16. The number of hydrogen-bond donors (Lipinski definition) is 2. The molecule has 0 spiro atoms. The van der Waals surface area contributed by atoms with Gasteiger partial charge in [0.05, 0.1) is 13.2 Å². The van der Waals surface area contributed by atoms with Gasteiger partial charge < -0.3 is 10.2 Å². The second kappa shape index (κ2) is 5.32. The van der Waals surface area contributed by atoms with Crippen molar-refractivity contribution in [2.75, 3.05) is 0 Å². The number of aliphatic hydroxyl groups is 2. The molecule has 0 saturated heterocycles. The van der Waals surface area contributed by atoms with Crippen molar-refractivity contribution in [3.63, 3.8) is 0 Å². The molecule has 0 amide bonds. The van der Waals surface area contributed by atoms with Gasteiger partial charge in [0.15, 0.2) is 0 Å². The van der Waals surface area contributed by atoms with E-state index in [-0.39, 0.29) is 18.6 Å². The zero-order chi connectivity index (χ0) is 14.0. The summed E-state index contributed by atoms with van der Waals surface area (Å²) in [4.78, 5) is 0. The Hall–Kier alpha value is -1.38. The van der Waals surface area contributed by atoms with Crippen molar-refractivity contribution in [2.45, 2.75) is 45.8 Å². The van der Waals surface area contributed by atoms with E-state index in [2.05, 4.69) is 39.0 Å². The Morgan fingerprint density at radius 1 is 0.895 bits per heavy atom. The van der Waals surface area contributed by atoms with Gasteiger partial charge >= 0.3 is 0 Å². The standard InChI is InChI=1S/C17H22O2/c1-4-17(2,3)16-6-5-12-7-14(10-18)15(11-19)8-13(12)9-16/h5-9,18-19H,4,10-11H2,1-3H3. The lowest BCUT2D eigenvalue weighted by atomic mass is 9.81. The summed E-state index contributed by atoms with van der Waals surface area (Å²) in [6.07, 6.45) is 1.08. The maximum absolute atomic E-state index is 9.37. The lowest BCUT2D eigenvalue weighted by molar-refractivity contribution is 0.260. The molecule has 0 aliphatic carbocycles. The van der Waals surface area contributed by atoms with Crippen LogP contribution in [0.5, 0.6) is 0 Å². The van der Waals surface area contributed by atoms with Gasteiger partial charge in [-0.05, 0) is 51.4 Å². The fourth-order valence-corrected chi connectivity index (χ4v) is 2.31. The largest absolute Gasteiger partial charge is 0.392 e. The van der Waals surface area contributed by atoms with Crippen molar-refractivity contribution < 1.29 is 10.2 Å². The Bertz CT molecular complexity index is 585. The van der Waals surface area contributed by atoms with Gasteiger partial charge in [-0.15, -0.1) is 0 Å². The highest BCUT2D eigenvalue weighted by molar-refractivity contribution is 5.85. The first-order valence-electron chi connectivity index (χ1n) is 6.79. The molecule has 0 atom stereocenters. The van der Waals surface area contributed by atoms with E-state index in [1.54, 1.807) is 0 Å². The molecular weight excluding hydrogens is 236 g/mol. The number of aliphatic hydroxyl groups excluding tert-OH is 2. The lowest BCUT2D eigenvalue weighted by Crippen LogP contribution is -2.15. The van der Waals surface area contributed by atoms with Crippen LogP contribution < -0.4 is 0 Å². The molecule has 0 aliphatic heterocycles. The van der Waals surface area contributed by atoms with Crippen LogP contribution in [-0.2, 0) is 18.6 Å². The zero-order valence-corrected chi connectivity index (χ0v) is 11.9. The van der Waals surface area contributed by atoms with E-state index < -0.39 is 0 Å². The molecule has 2 aromatic rings. The second-order valence-electron chi connectivity index (χ2n) is 5.74. The molecule has 0 saturated carbocycles. The molecule has 2 nitrogen and oxygen atoms in total. The first-order chi connectivity index (χ1) is 9.01. The lowest BCUT2D eigenvalue weighted by Gasteiger charge is -2.24.